The molecule has 56 heavy (non-hydrogen) atoms. The van der Waals surface area contributed by atoms with Crippen LogP contribution in [0, 0.1) is 22.7 Å². The van der Waals surface area contributed by atoms with E-state index in [-0.39, 0.29) is 53.1 Å². The summed E-state index contributed by atoms with van der Waals surface area (Å²) in [4.78, 5) is 51.7. The smallest absolute Gasteiger partial charge is 0.410 e. The van der Waals surface area contributed by atoms with Crippen molar-refractivity contribution in [3.63, 3.8) is 0 Å². The number of likely N-dealkylation sites (tertiary alicyclic amines) is 1. The minimum atomic E-state index is -0.528. The van der Waals surface area contributed by atoms with E-state index >= 15 is 0 Å². The predicted octanol–water partition coefficient (Wildman–Crippen LogP) is 5.88. The zero-order chi connectivity index (χ0) is 41.4. The monoisotopic (exact) mass is 795 g/mol. The Kier molecular flexibility index (Phi) is 14.9. The Balaban J connectivity index is 0.000000259. The van der Waals surface area contributed by atoms with Crippen molar-refractivity contribution in [2.24, 2.45) is 0 Å². The van der Waals surface area contributed by atoms with Gasteiger partial charge in [0.25, 0.3) is 0 Å². The maximum absolute atomic E-state index is 12.5. The summed E-state index contributed by atoms with van der Waals surface area (Å²) in [6, 6.07) is 8.25. The molecule has 3 aliphatic heterocycles. The van der Waals surface area contributed by atoms with Gasteiger partial charge in [-0.3, -0.25) is 4.90 Å². The lowest BCUT2D eigenvalue weighted by molar-refractivity contribution is 0.0251. The number of hydrogen-bond donors (Lipinski definition) is 0. The summed E-state index contributed by atoms with van der Waals surface area (Å²) in [5.41, 5.74) is -0.543. The van der Waals surface area contributed by atoms with Crippen molar-refractivity contribution in [1.82, 2.24) is 34.6 Å². The van der Waals surface area contributed by atoms with Crippen LogP contribution in [-0.2, 0) is 9.47 Å². The van der Waals surface area contributed by atoms with E-state index in [1.807, 2.05) is 59.4 Å². The normalized spacial score (nSPS) is 21.4. The Hall–Kier alpha value is -4.67. The summed E-state index contributed by atoms with van der Waals surface area (Å²) in [5, 5.41) is 18.6. The minimum absolute atomic E-state index is 0.0458. The number of carbonyl (C=O) groups is 2. The Morgan fingerprint density at radius 2 is 1.23 bits per heavy atom. The van der Waals surface area contributed by atoms with Gasteiger partial charge in [-0.05, 0) is 113 Å². The van der Waals surface area contributed by atoms with Crippen molar-refractivity contribution in [2.75, 3.05) is 62.7 Å². The molecule has 3 saturated heterocycles. The molecule has 0 bridgehead atoms. The molecule has 0 N–H and O–H groups in total. The molecule has 0 saturated carbocycles. The SMILES string of the molecule is C[C@H](Oc1nc(C#N)cc(N2CCN(C(=O)OC(C)(C)C)CC[C@@H]2C)n1)[C@@H]1CCCN1C.C[C@H]1CCN(C(=O)OC(C)(C)C)CCN1c1cc(C#N)nc(Cl)n1. The molecule has 2 amide bonds. The van der Waals surface area contributed by atoms with Gasteiger partial charge < -0.3 is 33.8 Å². The molecule has 3 aliphatic rings. The fourth-order valence-electron chi connectivity index (χ4n) is 6.87. The highest BCUT2D eigenvalue weighted by Crippen LogP contribution is 2.26. The van der Waals surface area contributed by atoms with Crippen LogP contribution in [0.2, 0.25) is 5.28 Å². The molecule has 2 aromatic rings. The third-order valence-electron chi connectivity index (χ3n) is 9.83. The summed E-state index contributed by atoms with van der Waals surface area (Å²) < 4.78 is 17.1. The van der Waals surface area contributed by atoms with Crippen LogP contribution in [0.1, 0.15) is 99.4 Å². The van der Waals surface area contributed by atoms with Gasteiger partial charge >= 0.3 is 18.2 Å². The number of nitrogens with zero attached hydrogens (tertiary/aromatic N) is 11. The van der Waals surface area contributed by atoms with Crippen LogP contribution in [0.25, 0.3) is 0 Å². The molecular formula is C39H58ClN11O5. The van der Waals surface area contributed by atoms with Gasteiger partial charge in [0.05, 0.1) is 0 Å². The highest BCUT2D eigenvalue weighted by molar-refractivity contribution is 6.28. The van der Waals surface area contributed by atoms with Crippen molar-refractivity contribution >= 4 is 35.4 Å². The van der Waals surface area contributed by atoms with Crippen molar-refractivity contribution < 1.29 is 23.8 Å². The van der Waals surface area contributed by atoms with Gasteiger partial charge in [-0.2, -0.15) is 20.5 Å². The maximum Gasteiger partial charge on any atom is 0.410 e. The Bertz CT molecular complexity index is 1750. The van der Waals surface area contributed by atoms with E-state index in [4.69, 9.17) is 31.1 Å². The van der Waals surface area contributed by atoms with E-state index in [1.165, 1.54) is 0 Å². The Morgan fingerprint density at radius 3 is 1.68 bits per heavy atom. The first-order valence-electron chi connectivity index (χ1n) is 19.4. The number of rotatable bonds is 5. The lowest BCUT2D eigenvalue weighted by atomic mass is 10.1. The summed E-state index contributed by atoms with van der Waals surface area (Å²) in [5.74, 6) is 1.25. The first kappa shape index (κ1) is 44.0. The average Bonchev–Trinajstić information content (AvgIpc) is 3.31. The van der Waals surface area contributed by atoms with E-state index in [9.17, 15) is 14.9 Å². The number of amides is 2. The number of carbonyl (C=O) groups excluding carboxylic acids is 2. The number of ether oxygens (including phenoxy) is 3. The summed E-state index contributed by atoms with van der Waals surface area (Å²) in [7, 11) is 2.10. The molecule has 0 aliphatic carbocycles. The fourth-order valence-corrected chi connectivity index (χ4v) is 7.05. The largest absolute Gasteiger partial charge is 0.459 e. The van der Waals surface area contributed by atoms with Crippen molar-refractivity contribution in [3.8, 4) is 18.1 Å². The summed E-state index contributed by atoms with van der Waals surface area (Å²) >= 11 is 5.90. The molecule has 16 nitrogen and oxygen atoms in total. The van der Waals surface area contributed by atoms with E-state index < -0.39 is 11.2 Å². The van der Waals surface area contributed by atoms with E-state index in [0.717, 1.165) is 32.2 Å². The summed E-state index contributed by atoms with van der Waals surface area (Å²) in [6.45, 7) is 21.8. The topological polar surface area (TPSA) is 177 Å². The van der Waals surface area contributed by atoms with Crippen LogP contribution in [0.3, 0.4) is 0 Å². The average molecular weight is 796 g/mol. The number of aromatic nitrogens is 4. The van der Waals surface area contributed by atoms with Crippen molar-refractivity contribution in [3.05, 3.63) is 28.8 Å². The quantitative estimate of drug-likeness (QED) is 0.328. The third-order valence-corrected chi connectivity index (χ3v) is 10.00. The zero-order valence-corrected chi connectivity index (χ0v) is 35.3. The number of anilines is 2. The molecule has 306 valence electrons. The standard InChI is InChI=1S/C23H36N6O3.C16H22ClN5O2/c1-16-9-11-28(22(30)32-23(3,4)5)12-13-29(16)20-14-18(15-24)25-21(26-20)31-17(2)19-8-7-10-27(19)6;1-11-5-6-21(15(23)24-16(2,3)4)7-8-22(11)13-9-12(10-18)19-14(17)20-13/h14,16-17,19H,7-13H2,1-6H3;9,11H,5-8H2,1-4H3/t16-,17-,19-;11-/m00/s1. The van der Waals surface area contributed by atoms with Crippen LogP contribution in [0.4, 0.5) is 21.2 Å². The fraction of sp³-hybridized carbons (Fsp3) is 0.692. The second kappa shape index (κ2) is 19.0. The van der Waals surface area contributed by atoms with E-state index in [1.54, 1.807) is 21.9 Å². The number of hydrogen-bond acceptors (Lipinski definition) is 14. The first-order chi connectivity index (χ1) is 26.3. The molecule has 0 radical (unpaired) electrons. The van der Waals surface area contributed by atoms with Crippen LogP contribution >= 0.6 is 11.6 Å². The summed E-state index contributed by atoms with van der Waals surface area (Å²) in [6.07, 6.45) is 3.08. The second-order valence-corrected chi connectivity index (χ2v) is 16.9. The minimum Gasteiger partial charge on any atom is -0.459 e. The maximum atomic E-state index is 12.5. The molecule has 0 unspecified atom stereocenters. The highest BCUT2D eigenvalue weighted by atomic mass is 35.5. The van der Waals surface area contributed by atoms with Crippen molar-refractivity contribution in [1.29, 1.82) is 10.5 Å². The molecule has 3 fully saturated rings. The van der Waals surface area contributed by atoms with Crippen LogP contribution in [0.15, 0.2) is 12.1 Å². The highest BCUT2D eigenvalue weighted by Gasteiger charge is 2.31. The zero-order valence-electron chi connectivity index (χ0n) is 34.6. The second-order valence-electron chi connectivity index (χ2n) is 16.6. The van der Waals surface area contributed by atoms with Crippen molar-refractivity contribution in [2.45, 2.75) is 123 Å². The molecule has 0 spiro atoms. The molecular weight excluding hydrogens is 738 g/mol. The molecule has 2 aromatic heterocycles. The van der Waals surface area contributed by atoms with Gasteiger partial charge in [-0.1, -0.05) is 0 Å². The van der Waals surface area contributed by atoms with Gasteiger partial charge in [0.15, 0.2) is 0 Å². The van der Waals surface area contributed by atoms with Gasteiger partial charge in [0.1, 0.15) is 52.5 Å². The van der Waals surface area contributed by atoms with E-state index in [2.05, 4.69) is 56.7 Å². The van der Waals surface area contributed by atoms with Gasteiger partial charge in [-0.25, -0.2) is 19.6 Å². The van der Waals surface area contributed by atoms with Gasteiger partial charge in [0, 0.05) is 69.5 Å². The number of likely N-dealkylation sites (N-methyl/N-ethyl adjacent to an activating group) is 1. The number of nitriles is 2. The van der Waals surface area contributed by atoms with Gasteiger partial charge in [0.2, 0.25) is 5.28 Å². The van der Waals surface area contributed by atoms with Crippen LogP contribution in [0.5, 0.6) is 6.01 Å². The molecule has 5 rings (SSSR count). The van der Waals surface area contributed by atoms with Crippen LogP contribution < -0.4 is 14.5 Å². The molecule has 0 aromatic carbocycles. The molecule has 5 heterocycles. The van der Waals surface area contributed by atoms with E-state index in [0.29, 0.717) is 56.9 Å². The number of halogens is 1. The lowest BCUT2D eigenvalue weighted by Gasteiger charge is -2.29. The lowest BCUT2D eigenvalue weighted by Crippen LogP contribution is -2.40. The van der Waals surface area contributed by atoms with Gasteiger partial charge in [-0.15, -0.1) is 0 Å². The first-order valence-corrected chi connectivity index (χ1v) is 19.7. The Labute approximate surface area is 336 Å². The molecule has 4 atom stereocenters. The Morgan fingerprint density at radius 1 is 0.750 bits per heavy atom. The predicted molar refractivity (Wildman–Crippen MR) is 213 cm³/mol. The van der Waals surface area contributed by atoms with Crippen LogP contribution in [-0.4, -0.2) is 135 Å². The molecule has 17 heteroatoms. The third kappa shape index (κ3) is 12.7.